The van der Waals surface area contributed by atoms with E-state index in [2.05, 4.69) is 19.5 Å². The predicted molar refractivity (Wildman–Crippen MR) is 113 cm³/mol. The Balaban J connectivity index is 1.32. The molecule has 0 bridgehead atoms. The molecular formula is C22H22F2N6. The molecule has 4 N–H and O–H groups in total. The summed E-state index contributed by atoms with van der Waals surface area (Å²) in [5, 5.41) is 1.02. The Morgan fingerprint density at radius 3 is 2.77 bits per heavy atom. The van der Waals surface area contributed by atoms with Crippen molar-refractivity contribution in [2.45, 2.75) is 38.1 Å². The van der Waals surface area contributed by atoms with E-state index in [-0.39, 0.29) is 5.39 Å². The van der Waals surface area contributed by atoms with Gasteiger partial charge in [0.05, 0.1) is 10.9 Å². The fourth-order valence-corrected chi connectivity index (χ4v) is 4.66. The number of aromatic nitrogens is 4. The SMILES string of the molecule is Nc1ccc2c(F)c(F)c(CCC3CCC(n4ccc5c(N)ncnc54)C3)cc2n1. The fourth-order valence-electron chi connectivity index (χ4n) is 4.66. The van der Waals surface area contributed by atoms with Gasteiger partial charge in [0.25, 0.3) is 0 Å². The van der Waals surface area contributed by atoms with Crippen molar-refractivity contribution in [2.24, 2.45) is 5.92 Å². The van der Waals surface area contributed by atoms with Crippen LogP contribution < -0.4 is 11.5 Å². The summed E-state index contributed by atoms with van der Waals surface area (Å²) in [6, 6.07) is 6.84. The van der Waals surface area contributed by atoms with Crippen molar-refractivity contribution in [1.82, 2.24) is 19.5 Å². The highest BCUT2D eigenvalue weighted by atomic mass is 19.2. The van der Waals surface area contributed by atoms with Crippen molar-refractivity contribution in [2.75, 3.05) is 11.5 Å². The molecule has 154 valence electrons. The molecule has 8 heteroatoms. The summed E-state index contributed by atoms with van der Waals surface area (Å²) >= 11 is 0. The first-order valence-electron chi connectivity index (χ1n) is 10.1. The van der Waals surface area contributed by atoms with Crippen LogP contribution in [0.15, 0.2) is 36.8 Å². The molecule has 1 aromatic carbocycles. The molecule has 2 atom stereocenters. The standard InChI is InChI=1S/C22H22F2N6/c23-19-13(10-17-15(20(19)24)5-6-18(25)29-17)3-1-12-2-4-14(9-12)30-8-7-16-21(26)27-11-28-22(16)30/h5-8,10-12,14H,1-4,9H2,(H2,25,29)(H2,26,27,28). The number of anilines is 2. The van der Waals surface area contributed by atoms with Gasteiger partial charge in [-0.05, 0) is 67.9 Å². The van der Waals surface area contributed by atoms with Crippen molar-refractivity contribution in [3.63, 3.8) is 0 Å². The fraction of sp³-hybridized carbons (Fsp3) is 0.318. The van der Waals surface area contributed by atoms with E-state index in [0.29, 0.717) is 41.1 Å². The molecule has 1 aliphatic rings. The van der Waals surface area contributed by atoms with Crippen LogP contribution in [0.25, 0.3) is 21.9 Å². The second kappa shape index (κ2) is 7.19. The molecule has 1 fully saturated rings. The van der Waals surface area contributed by atoms with Crippen LogP contribution in [0.1, 0.15) is 37.3 Å². The smallest absolute Gasteiger partial charge is 0.168 e. The number of nitrogens with zero attached hydrogens (tertiary/aromatic N) is 4. The number of fused-ring (bicyclic) bond motifs is 2. The normalized spacial score (nSPS) is 19.1. The zero-order valence-corrected chi connectivity index (χ0v) is 16.4. The van der Waals surface area contributed by atoms with Crippen molar-refractivity contribution < 1.29 is 8.78 Å². The van der Waals surface area contributed by atoms with Gasteiger partial charge in [0.2, 0.25) is 0 Å². The van der Waals surface area contributed by atoms with E-state index in [1.54, 1.807) is 6.07 Å². The Morgan fingerprint density at radius 1 is 1.03 bits per heavy atom. The third kappa shape index (κ3) is 3.12. The monoisotopic (exact) mass is 408 g/mol. The number of nitrogens with two attached hydrogens (primary N) is 2. The van der Waals surface area contributed by atoms with Crippen LogP contribution in [0, 0.1) is 17.6 Å². The Labute approximate surface area is 171 Å². The number of pyridine rings is 1. The van der Waals surface area contributed by atoms with Crippen molar-refractivity contribution >= 4 is 33.6 Å². The van der Waals surface area contributed by atoms with Gasteiger partial charge in [-0.1, -0.05) is 0 Å². The summed E-state index contributed by atoms with van der Waals surface area (Å²) in [6.45, 7) is 0. The van der Waals surface area contributed by atoms with Crippen LogP contribution in [-0.2, 0) is 6.42 Å². The Morgan fingerprint density at radius 2 is 1.90 bits per heavy atom. The minimum atomic E-state index is -0.851. The molecule has 0 aliphatic heterocycles. The Hall–Kier alpha value is -3.29. The third-order valence-corrected chi connectivity index (χ3v) is 6.24. The second-order valence-corrected chi connectivity index (χ2v) is 8.06. The summed E-state index contributed by atoms with van der Waals surface area (Å²) in [6.07, 6.45) is 7.77. The topological polar surface area (TPSA) is 95.6 Å². The van der Waals surface area contributed by atoms with Gasteiger partial charge in [-0.25, -0.2) is 23.7 Å². The van der Waals surface area contributed by atoms with E-state index >= 15 is 0 Å². The number of halogens is 2. The van der Waals surface area contributed by atoms with Gasteiger partial charge in [0, 0.05) is 17.6 Å². The van der Waals surface area contributed by atoms with Gasteiger partial charge < -0.3 is 16.0 Å². The maximum absolute atomic E-state index is 14.6. The zero-order valence-electron chi connectivity index (χ0n) is 16.4. The molecule has 0 spiro atoms. The molecule has 0 saturated heterocycles. The molecule has 0 radical (unpaired) electrons. The summed E-state index contributed by atoms with van der Waals surface area (Å²) in [7, 11) is 0. The lowest BCUT2D eigenvalue weighted by atomic mass is 9.96. The Bertz CT molecular complexity index is 1250. The molecular weight excluding hydrogens is 386 g/mol. The Kier molecular flexibility index (Phi) is 4.49. The van der Waals surface area contributed by atoms with Crippen LogP contribution in [-0.4, -0.2) is 19.5 Å². The highest BCUT2D eigenvalue weighted by molar-refractivity contribution is 5.86. The van der Waals surface area contributed by atoms with Crippen LogP contribution in [0.5, 0.6) is 0 Å². The van der Waals surface area contributed by atoms with Gasteiger partial charge in [-0.2, -0.15) is 0 Å². The average Bonchev–Trinajstić information content (AvgIpc) is 3.37. The molecule has 4 aromatic rings. The van der Waals surface area contributed by atoms with E-state index in [4.69, 9.17) is 11.5 Å². The zero-order chi connectivity index (χ0) is 20.8. The van der Waals surface area contributed by atoms with Crippen LogP contribution in [0.3, 0.4) is 0 Å². The number of hydrogen-bond acceptors (Lipinski definition) is 5. The highest BCUT2D eigenvalue weighted by Crippen LogP contribution is 2.39. The molecule has 30 heavy (non-hydrogen) atoms. The molecule has 6 nitrogen and oxygen atoms in total. The highest BCUT2D eigenvalue weighted by Gasteiger charge is 2.27. The molecule has 5 rings (SSSR count). The number of benzene rings is 1. The second-order valence-electron chi connectivity index (χ2n) is 8.06. The molecule has 3 heterocycles. The minimum absolute atomic E-state index is 0.159. The van der Waals surface area contributed by atoms with E-state index < -0.39 is 11.6 Å². The molecule has 1 saturated carbocycles. The average molecular weight is 408 g/mol. The number of nitrogen functional groups attached to an aromatic ring is 2. The van der Waals surface area contributed by atoms with Crippen LogP contribution in [0.2, 0.25) is 0 Å². The van der Waals surface area contributed by atoms with Crippen molar-refractivity contribution in [1.29, 1.82) is 0 Å². The van der Waals surface area contributed by atoms with Crippen molar-refractivity contribution in [3.8, 4) is 0 Å². The predicted octanol–water partition coefficient (Wildman–Crippen LogP) is 4.40. The summed E-state index contributed by atoms with van der Waals surface area (Å²) < 4.78 is 31.2. The largest absolute Gasteiger partial charge is 0.384 e. The van der Waals surface area contributed by atoms with Gasteiger partial charge in [0.15, 0.2) is 11.6 Å². The maximum Gasteiger partial charge on any atom is 0.168 e. The molecule has 3 aromatic heterocycles. The maximum atomic E-state index is 14.6. The summed E-state index contributed by atoms with van der Waals surface area (Å²) in [5.41, 5.74) is 13.2. The van der Waals surface area contributed by atoms with E-state index in [1.165, 1.54) is 18.5 Å². The first kappa shape index (κ1) is 18.7. The van der Waals surface area contributed by atoms with Crippen LogP contribution >= 0.6 is 0 Å². The molecule has 0 amide bonds. The molecule has 2 unspecified atom stereocenters. The van der Waals surface area contributed by atoms with Gasteiger partial charge in [0.1, 0.15) is 23.6 Å². The molecule has 1 aliphatic carbocycles. The summed E-state index contributed by atoms with van der Waals surface area (Å²) in [4.78, 5) is 12.6. The van der Waals surface area contributed by atoms with E-state index in [1.807, 2.05) is 12.3 Å². The van der Waals surface area contributed by atoms with Gasteiger partial charge >= 0.3 is 0 Å². The van der Waals surface area contributed by atoms with Crippen LogP contribution in [0.4, 0.5) is 20.4 Å². The first-order chi connectivity index (χ1) is 14.5. The minimum Gasteiger partial charge on any atom is -0.384 e. The third-order valence-electron chi connectivity index (χ3n) is 6.24. The number of hydrogen-bond donors (Lipinski definition) is 2. The number of aryl methyl sites for hydroxylation is 1. The number of rotatable bonds is 4. The first-order valence-corrected chi connectivity index (χ1v) is 10.1. The van der Waals surface area contributed by atoms with Gasteiger partial charge in [-0.15, -0.1) is 0 Å². The lowest BCUT2D eigenvalue weighted by Gasteiger charge is -2.15. The lowest BCUT2D eigenvalue weighted by Crippen LogP contribution is -2.07. The summed E-state index contributed by atoms with van der Waals surface area (Å²) in [5.74, 6) is -0.431. The van der Waals surface area contributed by atoms with E-state index in [0.717, 1.165) is 36.7 Å². The van der Waals surface area contributed by atoms with Crippen molar-refractivity contribution in [3.05, 3.63) is 54.0 Å². The van der Waals surface area contributed by atoms with Gasteiger partial charge in [-0.3, -0.25) is 0 Å². The quantitative estimate of drug-likeness (QED) is 0.522. The van der Waals surface area contributed by atoms with E-state index in [9.17, 15) is 8.78 Å². The lowest BCUT2D eigenvalue weighted by molar-refractivity contribution is 0.452.